The molecule has 1 rings (SSSR count). The number of hydrogen-bond acceptors (Lipinski definition) is 2. The molecule has 0 fully saturated rings. The Morgan fingerprint density at radius 3 is 2.58 bits per heavy atom. The summed E-state index contributed by atoms with van der Waals surface area (Å²) in [6.07, 6.45) is 7.08. The van der Waals surface area contributed by atoms with Crippen LogP contribution in [0, 0.1) is 18.3 Å². The average molecular weight is 258 g/mol. The Bertz CT molecular complexity index is 420. The second kappa shape index (κ2) is 7.84. The van der Waals surface area contributed by atoms with Crippen LogP contribution in [0.2, 0.25) is 0 Å². The number of hydrogen-bond donors (Lipinski definition) is 1. The number of unbranched alkanes of at least 4 members (excludes halogenated alkanes) is 4. The summed E-state index contributed by atoms with van der Waals surface area (Å²) in [7, 11) is 0. The molecule has 1 N–H and O–H groups in total. The van der Waals surface area contributed by atoms with Gasteiger partial charge in [0, 0.05) is 5.69 Å². The second-order valence-corrected chi connectivity index (χ2v) is 5.60. The fraction of sp³-hybridized carbons (Fsp3) is 0.588. The Balaban J connectivity index is 2.49. The standard InChI is InChI=1S/C17H26N2/c1-4-5-6-7-8-12-17(3,14-18)19-16-11-9-10-15(2)13-16/h9-11,13,19H,4-8,12H2,1-3H3. The zero-order valence-corrected chi connectivity index (χ0v) is 12.5. The van der Waals surface area contributed by atoms with Crippen molar-refractivity contribution < 1.29 is 0 Å². The lowest BCUT2D eigenvalue weighted by atomic mass is 9.95. The van der Waals surface area contributed by atoms with Crippen LogP contribution in [0.5, 0.6) is 0 Å². The average Bonchev–Trinajstić information content (AvgIpc) is 2.38. The van der Waals surface area contributed by atoms with Gasteiger partial charge in [0.2, 0.25) is 0 Å². The number of anilines is 1. The van der Waals surface area contributed by atoms with E-state index in [0.29, 0.717) is 0 Å². The van der Waals surface area contributed by atoms with Crippen molar-refractivity contribution in [3.63, 3.8) is 0 Å². The van der Waals surface area contributed by atoms with Crippen molar-refractivity contribution in [1.29, 1.82) is 5.26 Å². The van der Waals surface area contributed by atoms with E-state index in [1.807, 2.05) is 19.1 Å². The van der Waals surface area contributed by atoms with E-state index in [-0.39, 0.29) is 0 Å². The van der Waals surface area contributed by atoms with E-state index in [9.17, 15) is 5.26 Å². The first-order chi connectivity index (χ1) is 9.09. The maximum atomic E-state index is 9.41. The van der Waals surface area contributed by atoms with Crippen molar-refractivity contribution in [3.8, 4) is 6.07 Å². The molecule has 0 aliphatic heterocycles. The summed E-state index contributed by atoms with van der Waals surface area (Å²) in [5, 5.41) is 12.8. The van der Waals surface area contributed by atoms with E-state index in [1.54, 1.807) is 0 Å². The predicted molar refractivity (Wildman–Crippen MR) is 82.2 cm³/mol. The maximum absolute atomic E-state index is 9.41. The smallest absolute Gasteiger partial charge is 0.122 e. The summed E-state index contributed by atoms with van der Waals surface area (Å²) in [5.41, 5.74) is 1.80. The molecule has 0 heterocycles. The van der Waals surface area contributed by atoms with Crippen LogP contribution in [0.25, 0.3) is 0 Å². The number of nitrogens with zero attached hydrogens (tertiary/aromatic N) is 1. The quantitative estimate of drug-likeness (QED) is 0.662. The van der Waals surface area contributed by atoms with Crippen molar-refractivity contribution in [3.05, 3.63) is 29.8 Å². The molecule has 19 heavy (non-hydrogen) atoms. The maximum Gasteiger partial charge on any atom is 0.122 e. The molecule has 0 bridgehead atoms. The molecule has 0 spiro atoms. The highest BCUT2D eigenvalue weighted by Gasteiger charge is 2.22. The molecule has 0 saturated carbocycles. The molecule has 2 heteroatoms. The van der Waals surface area contributed by atoms with E-state index in [1.165, 1.54) is 31.2 Å². The highest BCUT2D eigenvalue weighted by atomic mass is 15.0. The van der Waals surface area contributed by atoms with Crippen LogP contribution in [-0.4, -0.2) is 5.54 Å². The monoisotopic (exact) mass is 258 g/mol. The van der Waals surface area contributed by atoms with Crippen molar-refractivity contribution in [2.45, 2.75) is 64.8 Å². The number of aryl methyl sites for hydroxylation is 1. The molecule has 0 aromatic heterocycles. The lowest BCUT2D eigenvalue weighted by molar-refractivity contribution is 0.522. The van der Waals surface area contributed by atoms with Gasteiger partial charge in [-0.2, -0.15) is 5.26 Å². The lowest BCUT2D eigenvalue weighted by Gasteiger charge is -2.24. The van der Waals surface area contributed by atoms with Gasteiger partial charge in [-0.15, -0.1) is 0 Å². The van der Waals surface area contributed by atoms with Crippen LogP contribution in [-0.2, 0) is 0 Å². The van der Waals surface area contributed by atoms with Crippen molar-refractivity contribution in [2.75, 3.05) is 5.32 Å². The normalized spacial score (nSPS) is 13.6. The second-order valence-electron chi connectivity index (χ2n) is 5.60. The molecule has 1 aromatic rings. The Morgan fingerprint density at radius 2 is 1.95 bits per heavy atom. The van der Waals surface area contributed by atoms with E-state index >= 15 is 0 Å². The topological polar surface area (TPSA) is 35.8 Å². The van der Waals surface area contributed by atoms with Crippen LogP contribution in [0.3, 0.4) is 0 Å². The highest BCUT2D eigenvalue weighted by molar-refractivity contribution is 5.49. The van der Waals surface area contributed by atoms with Crippen LogP contribution in [0.15, 0.2) is 24.3 Å². The molecule has 1 atom stereocenters. The third-order valence-corrected chi connectivity index (χ3v) is 3.47. The number of rotatable bonds is 8. The lowest BCUT2D eigenvalue weighted by Crippen LogP contribution is -2.32. The van der Waals surface area contributed by atoms with Gasteiger partial charge in [0.15, 0.2) is 0 Å². The molecule has 0 amide bonds. The summed E-state index contributed by atoms with van der Waals surface area (Å²) in [5.74, 6) is 0. The Hall–Kier alpha value is -1.49. The van der Waals surface area contributed by atoms with Gasteiger partial charge < -0.3 is 5.32 Å². The summed E-state index contributed by atoms with van der Waals surface area (Å²) in [4.78, 5) is 0. The molecule has 0 radical (unpaired) electrons. The highest BCUT2D eigenvalue weighted by Crippen LogP contribution is 2.21. The van der Waals surface area contributed by atoms with Gasteiger partial charge in [0.1, 0.15) is 5.54 Å². The van der Waals surface area contributed by atoms with E-state index < -0.39 is 5.54 Å². The largest absolute Gasteiger partial charge is 0.368 e. The predicted octanol–water partition coefficient (Wildman–Crippen LogP) is 5.05. The SMILES string of the molecule is CCCCCCCC(C)(C#N)Nc1cccc(C)c1. The molecule has 104 valence electrons. The molecule has 1 aromatic carbocycles. The Morgan fingerprint density at radius 1 is 1.21 bits per heavy atom. The van der Waals surface area contributed by atoms with Crippen molar-refractivity contribution in [1.82, 2.24) is 0 Å². The molecular formula is C17H26N2. The minimum atomic E-state index is -0.458. The van der Waals surface area contributed by atoms with Crippen LogP contribution in [0.1, 0.15) is 57.9 Å². The molecule has 0 aliphatic rings. The fourth-order valence-corrected chi connectivity index (χ4v) is 2.27. The Kier molecular flexibility index (Phi) is 6.42. The number of benzene rings is 1. The summed E-state index contributed by atoms with van der Waals surface area (Å²) < 4.78 is 0. The van der Waals surface area contributed by atoms with Gasteiger partial charge in [0.05, 0.1) is 6.07 Å². The zero-order valence-electron chi connectivity index (χ0n) is 12.5. The van der Waals surface area contributed by atoms with Crippen LogP contribution in [0.4, 0.5) is 5.69 Å². The van der Waals surface area contributed by atoms with E-state index in [4.69, 9.17) is 0 Å². The minimum Gasteiger partial charge on any atom is -0.368 e. The first-order valence-corrected chi connectivity index (χ1v) is 7.36. The van der Waals surface area contributed by atoms with Gasteiger partial charge in [0.25, 0.3) is 0 Å². The van der Waals surface area contributed by atoms with Crippen molar-refractivity contribution >= 4 is 5.69 Å². The molecular weight excluding hydrogens is 232 g/mol. The molecule has 0 saturated heterocycles. The van der Waals surface area contributed by atoms with Crippen molar-refractivity contribution in [2.24, 2.45) is 0 Å². The molecule has 2 nitrogen and oxygen atoms in total. The van der Waals surface area contributed by atoms with Crippen LogP contribution < -0.4 is 5.32 Å². The third-order valence-electron chi connectivity index (χ3n) is 3.47. The van der Waals surface area contributed by atoms with E-state index in [2.05, 4.69) is 37.4 Å². The summed E-state index contributed by atoms with van der Waals surface area (Å²) in [6.45, 7) is 6.29. The Labute approximate surface area is 117 Å². The summed E-state index contributed by atoms with van der Waals surface area (Å²) >= 11 is 0. The number of nitriles is 1. The van der Waals surface area contributed by atoms with Crippen LogP contribution >= 0.6 is 0 Å². The van der Waals surface area contributed by atoms with Gasteiger partial charge in [-0.05, 0) is 38.0 Å². The van der Waals surface area contributed by atoms with Gasteiger partial charge in [-0.25, -0.2) is 0 Å². The first-order valence-electron chi connectivity index (χ1n) is 7.36. The first kappa shape index (κ1) is 15.6. The molecule has 1 unspecified atom stereocenters. The number of nitrogens with one attached hydrogen (secondary N) is 1. The van der Waals surface area contributed by atoms with Gasteiger partial charge >= 0.3 is 0 Å². The third kappa shape index (κ3) is 5.79. The summed E-state index contributed by atoms with van der Waals surface area (Å²) in [6, 6.07) is 10.6. The van der Waals surface area contributed by atoms with Gasteiger partial charge in [-0.3, -0.25) is 0 Å². The fourth-order valence-electron chi connectivity index (χ4n) is 2.27. The van der Waals surface area contributed by atoms with E-state index in [0.717, 1.165) is 18.5 Å². The zero-order chi connectivity index (χ0) is 14.1. The van der Waals surface area contributed by atoms with Gasteiger partial charge in [-0.1, -0.05) is 51.2 Å². The molecule has 0 aliphatic carbocycles. The minimum absolute atomic E-state index is 0.458.